The van der Waals surface area contributed by atoms with Crippen molar-refractivity contribution >= 4 is 29.4 Å². The Bertz CT molecular complexity index is 1080. The van der Waals surface area contributed by atoms with Crippen LogP contribution in [-0.4, -0.2) is 67.9 Å². The normalized spacial score (nSPS) is 17.2. The summed E-state index contributed by atoms with van der Waals surface area (Å²) < 4.78 is 0. The smallest absolute Gasteiger partial charge is 0.280 e. The van der Waals surface area contributed by atoms with Crippen LogP contribution in [0.2, 0.25) is 0 Å². The number of aliphatic imine (C=N–C) groups is 1. The lowest BCUT2D eigenvalue weighted by Crippen LogP contribution is -2.57. The zero-order chi connectivity index (χ0) is 22.2. The Hall–Kier alpha value is -3.96. The standard InChI is InChI=1S/C19H23N9O3/c1-10-14(20)25-15(21)13(24-10)16(30)26-18-23-9-19(27-18)4-7-28(8-5-19)17(31)12-11(29)3-2-6-22-12/h2-3,6,29H,4-5,7-9H2,1H3,(H4,20,21,25)(H2,23,26,27,30). The fraction of sp³-hybridized carbons (Fsp3) is 0.368. The highest BCUT2D eigenvalue weighted by molar-refractivity contribution is 6.07. The molecule has 7 N–H and O–H groups in total. The largest absolute Gasteiger partial charge is 0.505 e. The predicted molar refractivity (Wildman–Crippen MR) is 112 cm³/mol. The van der Waals surface area contributed by atoms with Gasteiger partial charge in [-0.25, -0.2) is 15.0 Å². The number of rotatable bonds is 2. The predicted octanol–water partition coefficient (Wildman–Crippen LogP) is -0.586. The van der Waals surface area contributed by atoms with Gasteiger partial charge >= 0.3 is 0 Å². The van der Waals surface area contributed by atoms with E-state index in [1.54, 1.807) is 17.9 Å². The fourth-order valence-electron chi connectivity index (χ4n) is 3.64. The zero-order valence-electron chi connectivity index (χ0n) is 16.9. The maximum Gasteiger partial charge on any atom is 0.280 e. The molecule has 1 saturated heterocycles. The summed E-state index contributed by atoms with van der Waals surface area (Å²) in [4.78, 5) is 43.2. The van der Waals surface area contributed by atoms with Crippen molar-refractivity contribution in [3.63, 3.8) is 0 Å². The highest BCUT2D eigenvalue weighted by Gasteiger charge is 2.40. The first-order valence-electron chi connectivity index (χ1n) is 9.75. The molecule has 2 aromatic rings. The number of hydrogen-bond acceptors (Lipinski definition) is 10. The zero-order valence-corrected chi connectivity index (χ0v) is 16.9. The van der Waals surface area contributed by atoms with E-state index in [0.29, 0.717) is 44.1 Å². The molecule has 1 fully saturated rings. The van der Waals surface area contributed by atoms with Gasteiger partial charge in [-0.3, -0.25) is 19.9 Å². The van der Waals surface area contributed by atoms with Gasteiger partial charge in [-0.1, -0.05) is 0 Å². The lowest BCUT2D eigenvalue weighted by Gasteiger charge is -2.39. The van der Waals surface area contributed by atoms with Crippen molar-refractivity contribution in [2.24, 2.45) is 4.99 Å². The number of aromatic hydroxyl groups is 1. The first-order chi connectivity index (χ1) is 14.8. The molecule has 2 amide bonds. The van der Waals surface area contributed by atoms with Gasteiger partial charge in [0.25, 0.3) is 11.8 Å². The number of aryl methyl sites for hydroxylation is 1. The number of nitrogens with zero attached hydrogens (tertiary/aromatic N) is 5. The van der Waals surface area contributed by atoms with Crippen LogP contribution in [0, 0.1) is 6.92 Å². The van der Waals surface area contributed by atoms with Crippen LogP contribution < -0.4 is 22.1 Å². The summed E-state index contributed by atoms with van der Waals surface area (Å²) in [7, 11) is 0. The number of carbonyl (C=O) groups is 2. The van der Waals surface area contributed by atoms with Gasteiger partial charge in [0.05, 0.1) is 17.8 Å². The van der Waals surface area contributed by atoms with Crippen molar-refractivity contribution in [2.75, 3.05) is 31.1 Å². The van der Waals surface area contributed by atoms with Crippen molar-refractivity contribution in [3.05, 3.63) is 35.4 Å². The number of hydrogen-bond donors (Lipinski definition) is 5. The number of nitrogens with one attached hydrogen (secondary N) is 2. The molecule has 12 heteroatoms. The lowest BCUT2D eigenvalue weighted by atomic mass is 9.88. The van der Waals surface area contributed by atoms with Gasteiger partial charge in [-0.15, -0.1) is 0 Å². The molecule has 0 saturated carbocycles. The van der Waals surface area contributed by atoms with Crippen molar-refractivity contribution in [1.29, 1.82) is 0 Å². The molecule has 0 aromatic carbocycles. The van der Waals surface area contributed by atoms with Crippen LogP contribution in [-0.2, 0) is 0 Å². The lowest BCUT2D eigenvalue weighted by molar-refractivity contribution is 0.0659. The summed E-state index contributed by atoms with van der Waals surface area (Å²) in [6, 6.07) is 3.00. The van der Waals surface area contributed by atoms with Crippen molar-refractivity contribution in [3.8, 4) is 5.75 Å². The first-order valence-corrected chi connectivity index (χ1v) is 9.75. The Morgan fingerprint density at radius 3 is 2.65 bits per heavy atom. The van der Waals surface area contributed by atoms with Crippen LogP contribution in [0.25, 0.3) is 0 Å². The Kier molecular flexibility index (Phi) is 5.05. The van der Waals surface area contributed by atoms with Crippen LogP contribution >= 0.6 is 0 Å². The fourth-order valence-corrected chi connectivity index (χ4v) is 3.64. The minimum Gasteiger partial charge on any atom is -0.505 e. The number of anilines is 2. The molecule has 12 nitrogen and oxygen atoms in total. The molecule has 0 aliphatic carbocycles. The number of pyridine rings is 1. The molecule has 0 bridgehead atoms. The topological polar surface area (TPSA) is 185 Å². The Morgan fingerprint density at radius 1 is 1.19 bits per heavy atom. The summed E-state index contributed by atoms with van der Waals surface area (Å²) in [5.41, 5.74) is 11.5. The summed E-state index contributed by atoms with van der Waals surface area (Å²) in [5, 5.41) is 15.8. The van der Waals surface area contributed by atoms with Crippen molar-refractivity contribution in [2.45, 2.75) is 25.3 Å². The van der Waals surface area contributed by atoms with Crippen molar-refractivity contribution < 1.29 is 14.7 Å². The van der Waals surface area contributed by atoms with Crippen LogP contribution in [0.15, 0.2) is 23.3 Å². The van der Waals surface area contributed by atoms with Gasteiger partial charge in [-0.2, -0.15) is 0 Å². The molecule has 0 atom stereocenters. The van der Waals surface area contributed by atoms with E-state index in [9.17, 15) is 14.7 Å². The molecule has 162 valence electrons. The number of guanidine groups is 1. The van der Waals surface area contributed by atoms with E-state index in [0.717, 1.165) is 0 Å². The number of piperidine rings is 1. The highest BCUT2D eigenvalue weighted by Crippen LogP contribution is 2.27. The van der Waals surface area contributed by atoms with Crippen molar-refractivity contribution in [1.82, 2.24) is 30.5 Å². The number of nitrogen functional groups attached to an aromatic ring is 2. The van der Waals surface area contributed by atoms with E-state index < -0.39 is 5.91 Å². The monoisotopic (exact) mass is 425 g/mol. The molecule has 2 aliphatic heterocycles. The molecule has 4 heterocycles. The third kappa shape index (κ3) is 3.91. The SMILES string of the molecule is Cc1nc(C(=O)NC2=NCC3(CCN(C(=O)c4ncccc4O)CC3)N2)c(N)nc1N. The van der Waals surface area contributed by atoms with E-state index in [2.05, 4.69) is 30.6 Å². The minimum atomic E-state index is -0.533. The van der Waals surface area contributed by atoms with E-state index in [1.807, 2.05) is 0 Å². The Labute approximate surface area is 177 Å². The molecular weight excluding hydrogens is 402 g/mol. The van der Waals surface area contributed by atoms with E-state index in [-0.39, 0.29) is 40.2 Å². The quantitative estimate of drug-likeness (QED) is 0.419. The average Bonchev–Trinajstić information content (AvgIpc) is 3.13. The number of carbonyl (C=O) groups excluding carboxylic acids is 2. The molecule has 0 unspecified atom stereocenters. The Morgan fingerprint density at radius 2 is 1.94 bits per heavy atom. The molecular formula is C19H23N9O3. The molecule has 0 radical (unpaired) electrons. The molecule has 1 spiro atoms. The summed E-state index contributed by atoms with van der Waals surface area (Å²) in [6.07, 6.45) is 2.72. The third-order valence-corrected chi connectivity index (χ3v) is 5.50. The number of amides is 2. The third-order valence-electron chi connectivity index (χ3n) is 5.50. The maximum atomic E-state index is 12.6. The molecule has 4 rings (SSSR count). The Balaban J connectivity index is 1.36. The summed E-state index contributed by atoms with van der Waals surface area (Å²) in [6.45, 7) is 3.03. The first kappa shape index (κ1) is 20.3. The number of aromatic nitrogens is 3. The van der Waals surface area contributed by atoms with Crippen LogP contribution in [0.1, 0.15) is 39.5 Å². The second-order valence-corrected chi connectivity index (χ2v) is 7.62. The van der Waals surface area contributed by atoms with Gasteiger partial charge in [0.2, 0.25) is 0 Å². The minimum absolute atomic E-state index is 0.0206. The second-order valence-electron chi connectivity index (χ2n) is 7.62. The van der Waals surface area contributed by atoms with Crippen LogP contribution in [0.5, 0.6) is 5.75 Å². The molecule has 2 aromatic heterocycles. The van der Waals surface area contributed by atoms with Gasteiger partial charge in [0.15, 0.2) is 23.2 Å². The van der Waals surface area contributed by atoms with E-state index in [1.165, 1.54) is 12.3 Å². The maximum absolute atomic E-state index is 12.6. The van der Waals surface area contributed by atoms with Gasteiger partial charge in [0.1, 0.15) is 11.6 Å². The number of likely N-dealkylation sites (tertiary alicyclic amines) is 1. The summed E-state index contributed by atoms with van der Waals surface area (Å²) in [5.74, 6) is -0.547. The van der Waals surface area contributed by atoms with E-state index in [4.69, 9.17) is 11.5 Å². The van der Waals surface area contributed by atoms with Crippen LogP contribution in [0.4, 0.5) is 11.6 Å². The molecule has 31 heavy (non-hydrogen) atoms. The average molecular weight is 425 g/mol. The molecule has 2 aliphatic rings. The van der Waals surface area contributed by atoms with Gasteiger partial charge in [0, 0.05) is 19.3 Å². The van der Waals surface area contributed by atoms with Gasteiger partial charge < -0.3 is 26.8 Å². The van der Waals surface area contributed by atoms with E-state index >= 15 is 0 Å². The van der Waals surface area contributed by atoms with Crippen LogP contribution in [0.3, 0.4) is 0 Å². The second kappa shape index (κ2) is 7.70. The summed E-state index contributed by atoms with van der Waals surface area (Å²) >= 11 is 0. The highest BCUT2D eigenvalue weighted by atomic mass is 16.3. The number of nitrogens with two attached hydrogens (primary N) is 2. The van der Waals surface area contributed by atoms with Gasteiger partial charge in [-0.05, 0) is 31.9 Å².